The molecule has 76 valence electrons. The molecule has 1 aromatic carbocycles. The number of rotatable bonds is 3. The fourth-order valence-corrected chi connectivity index (χ4v) is 1.48. The number of nitrogens with zero attached hydrogens (tertiary/aromatic N) is 1. The maximum atomic E-state index is 11.5. The molecule has 0 fully saturated rings. The molecule has 0 heterocycles. The second-order valence-corrected chi connectivity index (χ2v) is 3.45. The molecule has 0 unspecified atom stereocenters. The van der Waals surface area contributed by atoms with Crippen molar-refractivity contribution in [2.45, 2.75) is 13.8 Å². The van der Waals surface area contributed by atoms with Crippen molar-refractivity contribution < 1.29 is 4.79 Å². The fraction of sp³-hybridized carbons (Fsp3) is 0.364. The SMILES string of the molecule is CCN(C(=O)CS)c1ccc(C)cc1. The first-order valence-corrected chi connectivity index (χ1v) is 5.30. The molecule has 1 rings (SSSR count). The predicted molar refractivity (Wildman–Crippen MR) is 63.1 cm³/mol. The van der Waals surface area contributed by atoms with E-state index in [9.17, 15) is 4.79 Å². The summed E-state index contributed by atoms with van der Waals surface area (Å²) in [5.41, 5.74) is 2.14. The van der Waals surface area contributed by atoms with Crippen molar-refractivity contribution in [3.8, 4) is 0 Å². The third kappa shape index (κ3) is 2.51. The molecule has 0 bridgehead atoms. The normalized spacial score (nSPS) is 9.93. The summed E-state index contributed by atoms with van der Waals surface area (Å²) in [6.07, 6.45) is 0. The van der Waals surface area contributed by atoms with E-state index in [0.29, 0.717) is 6.54 Å². The lowest BCUT2D eigenvalue weighted by Crippen LogP contribution is -2.31. The lowest BCUT2D eigenvalue weighted by Gasteiger charge is -2.20. The average molecular weight is 209 g/mol. The lowest BCUT2D eigenvalue weighted by atomic mass is 10.2. The zero-order chi connectivity index (χ0) is 10.6. The fourth-order valence-electron chi connectivity index (χ4n) is 1.31. The summed E-state index contributed by atoms with van der Waals surface area (Å²) in [4.78, 5) is 13.2. The molecule has 14 heavy (non-hydrogen) atoms. The van der Waals surface area contributed by atoms with E-state index in [1.165, 1.54) is 5.56 Å². The minimum Gasteiger partial charge on any atom is -0.312 e. The summed E-state index contributed by atoms with van der Waals surface area (Å²) in [7, 11) is 0. The van der Waals surface area contributed by atoms with Gasteiger partial charge in [-0.2, -0.15) is 12.6 Å². The monoisotopic (exact) mass is 209 g/mol. The molecule has 0 aliphatic carbocycles. The number of carbonyl (C=O) groups excluding carboxylic acids is 1. The highest BCUT2D eigenvalue weighted by Gasteiger charge is 2.10. The number of hydrogen-bond donors (Lipinski definition) is 1. The number of hydrogen-bond acceptors (Lipinski definition) is 2. The Balaban J connectivity index is 2.89. The number of anilines is 1. The van der Waals surface area contributed by atoms with Gasteiger partial charge in [0.1, 0.15) is 0 Å². The van der Waals surface area contributed by atoms with Crippen LogP contribution in [0.5, 0.6) is 0 Å². The Morgan fingerprint density at radius 2 is 1.93 bits per heavy atom. The molecule has 0 atom stereocenters. The van der Waals surface area contributed by atoms with Crippen molar-refractivity contribution in [1.82, 2.24) is 0 Å². The Hall–Kier alpha value is -0.960. The minimum atomic E-state index is 0.0414. The molecule has 1 aromatic rings. The van der Waals surface area contributed by atoms with Crippen LogP contribution in [0.15, 0.2) is 24.3 Å². The topological polar surface area (TPSA) is 20.3 Å². The van der Waals surface area contributed by atoms with Gasteiger partial charge in [0.2, 0.25) is 5.91 Å². The van der Waals surface area contributed by atoms with Crippen LogP contribution >= 0.6 is 12.6 Å². The summed E-state index contributed by atoms with van der Waals surface area (Å²) < 4.78 is 0. The van der Waals surface area contributed by atoms with E-state index < -0.39 is 0 Å². The minimum absolute atomic E-state index is 0.0414. The third-order valence-electron chi connectivity index (χ3n) is 2.10. The lowest BCUT2D eigenvalue weighted by molar-refractivity contribution is -0.116. The third-order valence-corrected chi connectivity index (χ3v) is 2.37. The zero-order valence-corrected chi connectivity index (χ0v) is 9.42. The second kappa shape index (κ2) is 5.05. The smallest absolute Gasteiger partial charge is 0.236 e. The second-order valence-electron chi connectivity index (χ2n) is 3.13. The van der Waals surface area contributed by atoms with Crippen molar-refractivity contribution in [3.05, 3.63) is 29.8 Å². The van der Waals surface area contributed by atoms with Crippen LogP contribution < -0.4 is 4.90 Å². The summed E-state index contributed by atoms with van der Waals surface area (Å²) in [5.74, 6) is 0.293. The standard InChI is InChI=1S/C11H15NOS/c1-3-12(11(13)8-14)10-6-4-9(2)5-7-10/h4-7,14H,3,8H2,1-2H3. The van der Waals surface area contributed by atoms with E-state index in [1.807, 2.05) is 38.1 Å². The predicted octanol–water partition coefficient (Wildman–Crippen LogP) is 2.28. The van der Waals surface area contributed by atoms with Gasteiger partial charge in [0.15, 0.2) is 0 Å². The molecule has 2 nitrogen and oxygen atoms in total. The Morgan fingerprint density at radius 1 is 1.36 bits per heavy atom. The van der Waals surface area contributed by atoms with Gasteiger partial charge in [-0.05, 0) is 26.0 Å². The maximum absolute atomic E-state index is 11.5. The summed E-state index contributed by atoms with van der Waals surface area (Å²) in [6.45, 7) is 4.67. The van der Waals surface area contributed by atoms with Crippen LogP contribution in [0.4, 0.5) is 5.69 Å². The van der Waals surface area contributed by atoms with Gasteiger partial charge >= 0.3 is 0 Å². The highest BCUT2D eigenvalue weighted by Crippen LogP contribution is 2.15. The van der Waals surface area contributed by atoms with E-state index in [1.54, 1.807) is 4.90 Å². The summed E-state index contributed by atoms with van der Waals surface area (Å²) in [6, 6.07) is 7.92. The number of benzene rings is 1. The van der Waals surface area contributed by atoms with Crippen molar-refractivity contribution in [1.29, 1.82) is 0 Å². The highest BCUT2D eigenvalue weighted by atomic mass is 32.1. The van der Waals surface area contributed by atoms with Crippen LogP contribution in [0.3, 0.4) is 0 Å². The molecule has 0 saturated carbocycles. The molecule has 3 heteroatoms. The van der Waals surface area contributed by atoms with Crippen LogP contribution in [0, 0.1) is 6.92 Å². The quantitative estimate of drug-likeness (QED) is 0.757. The van der Waals surface area contributed by atoms with Crippen LogP contribution in [-0.2, 0) is 4.79 Å². The van der Waals surface area contributed by atoms with Crippen molar-refractivity contribution in [3.63, 3.8) is 0 Å². The molecule has 0 radical (unpaired) electrons. The van der Waals surface area contributed by atoms with Crippen LogP contribution in [0.25, 0.3) is 0 Å². The molecule has 0 saturated heterocycles. The Kier molecular flexibility index (Phi) is 4.01. The van der Waals surface area contributed by atoms with Crippen molar-refractivity contribution in [2.75, 3.05) is 17.2 Å². The average Bonchev–Trinajstić information content (AvgIpc) is 2.21. The van der Waals surface area contributed by atoms with E-state index in [2.05, 4.69) is 12.6 Å². The molecular weight excluding hydrogens is 194 g/mol. The van der Waals surface area contributed by atoms with Crippen molar-refractivity contribution >= 4 is 24.2 Å². The first-order chi connectivity index (χ1) is 6.69. The maximum Gasteiger partial charge on any atom is 0.236 e. The van der Waals surface area contributed by atoms with Crippen LogP contribution in [0.1, 0.15) is 12.5 Å². The van der Waals surface area contributed by atoms with E-state index in [4.69, 9.17) is 0 Å². The number of carbonyl (C=O) groups is 1. The molecule has 0 aliphatic heterocycles. The van der Waals surface area contributed by atoms with Gasteiger partial charge in [-0.25, -0.2) is 0 Å². The summed E-state index contributed by atoms with van der Waals surface area (Å²) in [5, 5.41) is 0. The Bertz CT molecular complexity index is 308. The van der Waals surface area contributed by atoms with Gasteiger partial charge in [0.05, 0.1) is 5.75 Å². The van der Waals surface area contributed by atoms with Gasteiger partial charge in [-0.1, -0.05) is 17.7 Å². The molecule has 1 amide bonds. The van der Waals surface area contributed by atoms with Crippen LogP contribution in [0.2, 0.25) is 0 Å². The largest absolute Gasteiger partial charge is 0.312 e. The summed E-state index contributed by atoms with van der Waals surface area (Å²) >= 11 is 3.99. The van der Waals surface area contributed by atoms with E-state index in [0.717, 1.165) is 5.69 Å². The van der Waals surface area contributed by atoms with E-state index >= 15 is 0 Å². The molecule has 0 aliphatic rings. The van der Waals surface area contributed by atoms with Gasteiger partial charge in [0.25, 0.3) is 0 Å². The van der Waals surface area contributed by atoms with Gasteiger partial charge in [-0.15, -0.1) is 0 Å². The van der Waals surface area contributed by atoms with E-state index in [-0.39, 0.29) is 11.7 Å². The molecule has 0 N–H and O–H groups in total. The number of amides is 1. The first kappa shape index (κ1) is 11.1. The van der Waals surface area contributed by atoms with Gasteiger partial charge < -0.3 is 4.90 Å². The van der Waals surface area contributed by atoms with Gasteiger partial charge in [-0.3, -0.25) is 4.79 Å². The highest BCUT2D eigenvalue weighted by molar-refractivity contribution is 7.81. The van der Waals surface area contributed by atoms with Crippen LogP contribution in [-0.4, -0.2) is 18.2 Å². The number of thiol groups is 1. The Morgan fingerprint density at radius 3 is 2.36 bits per heavy atom. The van der Waals surface area contributed by atoms with Crippen molar-refractivity contribution in [2.24, 2.45) is 0 Å². The van der Waals surface area contributed by atoms with Gasteiger partial charge in [0, 0.05) is 12.2 Å². The molecule has 0 spiro atoms. The number of aryl methyl sites for hydroxylation is 1. The first-order valence-electron chi connectivity index (χ1n) is 4.67. The zero-order valence-electron chi connectivity index (χ0n) is 8.53. The Labute approximate surface area is 90.3 Å². The molecule has 0 aromatic heterocycles. The molecular formula is C11H15NOS.